The number of rotatable bonds is 11. The van der Waals surface area contributed by atoms with Crippen molar-refractivity contribution in [2.24, 2.45) is 11.3 Å². The Morgan fingerprint density at radius 1 is 1.11 bits per heavy atom. The Hall–Kier alpha value is -4.44. The largest absolute Gasteiger partial charge is 0.490 e. The molecule has 0 radical (unpaired) electrons. The Kier molecular flexibility index (Phi) is 10.1. The SMILES string of the molecule is C=CCOc1ccc2oc(C(=O)N[C@H](Cc3ccc(Cl)cc3)C(=O)N3CCC(Cn4cncn4)(C4CCCCC4)CC3)cc(=O)c2c1. The maximum atomic E-state index is 14.2. The molecule has 1 aliphatic carbocycles. The standard InChI is InChI=1S/C36H40ClN5O5/c1-2-18-46-28-12-13-32-29(20-28)31(43)21-33(47-32)34(44)40-30(19-25-8-10-27(37)11-9-25)35(45)41-16-14-36(15-17-41,22-42-24-38-23-39-42)26-6-4-3-5-7-26/h2,8-13,20-21,23-24,26,30H,1,3-7,14-19,22H2,(H,40,44)/t30-/m1/s1. The summed E-state index contributed by atoms with van der Waals surface area (Å²) in [6.45, 7) is 5.87. The number of hydrogen-bond acceptors (Lipinski definition) is 7. The highest BCUT2D eigenvalue weighted by atomic mass is 35.5. The van der Waals surface area contributed by atoms with Crippen LogP contribution < -0.4 is 15.5 Å². The van der Waals surface area contributed by atoms with Crippen LogP contribution >= 0.6 is 11.6 Å². The second-order valence-corrected chi connectivity index (χ2v) is 13.1. The summed E-state index contributed by atoms with van der Waals surface area (Å²) >= 11 is 6.13. The first-order valence-electron chi connectivity index (χ1n) is 16.3. The molecule has 11 heteroatoms. The molecule has 47 heavy (non-hydrogen) atoms. The van der Waals surface area contributed by atoms with Gasteiger partial charge in [0.1, 0.15) is 36.6 Å². The lowest BCUT2D eigenvalue weighted by atomic mass is 9.63. The number of carbonyl (C=O) groups is 2. The number of halogens is 1. The van der Waals surface area contributed by atoms with E-state index in [2.05, 4.69) is 22.0 Å². The van der Waals surface area contributed by atoms with Gasteiger partial charge in [0.25, 0.3) is 5.91 Å². The molecular weight excluding hydrogens is 618 g/mol. The number of carbonyl (C=O) groups excluding carboxylic acids is 2. The molecule has 2 aromatic heterocycles. The van der Waals surface area contributed by atoms with Gasteiger partial charge < -0.3 is 19.4 Å². The van der Waals surface area contributed by atoms with E-state index in [1.807, 2.05) is 21.7 Å². The summed E-state index contributed by atoms with van der Waals surface area (Å²) in [7, 11) is 0. The van der Waals surface area contributed by atoms with Crippen LogP contribution in [-0.2, 0) is 17.8 Å². The average molecular weight is 658 g/mol. The van der Waals surface area contributed by atoms with Gasteiger partial charge >= 0.3 is 0 Å². The number of nitrogens with zero attached hydrogens (tertiary/aromatic N) is 4. The van der Waals surface area contributed by atoms with Crippen molar-refractivity contribution in [3.05, 3.63) is 100 Å². The van der Waals surface area contributed by atoms with Gasteiger partial charge in [-0.2, -0.15) is 5.10 Å². The van der Waals surface area contributed by atoms with Crippen LogP contribution in [0.1, 0.15) is 61.1 Å². The summed E-state index contributed by atoms with van der Waals surface area (Å²) in [6, 6.07) is 12.3. The molecule has 1 saturated heterocycles. The van der Waals surface area contributed by atoms with Crippen molar-refractivity contribution in [3.63, 3.8) is 0 Å². The molecule has 0 spiro atoms. The number of likely N-dealkylation sites (tertiary alicyclic amines) is 1. The van der Waals surface area contributed by atoms with Gasteiger partial charge in [0.05, 0.1) is 5.39 Å². The molecular formula is C36H40ClN5O5. The molecule has 246 valence electrons. The van der Waals surface area contributed by atoms with Crippen LogP contribution in [0.15, 0.2) is 83.1 Å². The van der Waals surface area contributed by atoms with Crippen LogP contribution in [0.2, 0.25) is 5.02 Å². The summed E-state index contributed by atoms with van der Waals surface area (Å²) in [6.07, 6.45) is 13.0. The fraction of sp³-hybridized carbons (Fsp3) is 0.417. The zero-order chi connectivity index (χ0) is 32.8. The number of benzene rings is 2. The predicted octanol–water partition coefficient (Wildman–Crippen LogP) is 5.83. The van der Waals surface area contributed by atoms with Gasteiger partial charge in [-0.25, -0.2) is 4.98 Å². The second kappa shape index (κ2) is 14.5. The molecule has 1 aliphatic heterocycles. The topological polar surface area (TPSA) is 120 Å². The summed E-state index contributed by atoms with van der Waals surface area (Å²) < 4.78 is 13.3. The van der Waals surface area contributed by atoms with E-state index < -0.39 is 11.9 Å². The fourth-order valence-electron chi connectivity index (χ4n) is 7.22. The summed E-state index contributed by atoms with van der Waals surface area (Å²) in [5, 5.41) is 8.18. The quantitative estimate of drug-likeness (QED) is 0.202. The molecule has 1 saturated carbocycles. The maximum Gasteiger partial charge on any atom is 0.287 e. The molecule has 2 aromatic carbocycles. The number of aromatic nitrogens is 3. The average Bonchev–Trinajstić information content (AvgIpc) is 3.61. The van der Waals surface area contributed by atoms with Gasteiger partial charge in [0.2, 0.25) is 5.91 Å². The van der Waals surface area contributed by atoms with Crippen molar-refractivity contribution in [3.8, 4) is 5.75 Å². The summed E-state index contributed by atoms with van der Waals surface area (Å²) in [5.74, 6) is 0.0917. The van der Waals surface area contributed by atoms with Crippen molar-refractivity contribution in [2.45, 2.75) is 64.0 Å². The van der Waals surface area contributed by atoms with Crippen molar-refractivity contribution in [1.29, 1.82) is 0 Å². The lowest BCUT2D eigenvalue weighted by Crippen LogP contribution is -2.54. The number of hydrogen-bond donors (Lipinski definition) is 1. The van der Waals surface area contributed by atoms with Crippen LogP contribution in [0.4, 0.5) is 0 Å². The minimum absolute atomic E-state index is 0.0327. The van der Waals surface area contributed by atoms with Crippen LogP contribution in [-0.4, -0.2) is 57.2 Å². The Labute approximate surface area is 278 Å². The molecule has 0 unspecified atom stereocenters. The zero-order valence-corrected chi connectivity index (χ0v) is 27.2. The number of nitrogens with one attached hydrogen (secondary N) is 1. The number of fused-ring (bicyclic) bond motifs is 1. The third kappa shape index (κ3) is 7.59. The van der Waals surface area contributed by atoms with Crippen molar-refractivity contribution < 1.29 is 18.7 Å². The van der Waals surface area contributed by atoms with E-state index >= 15 is 0 Å². The zero-order valence-electron chi connectivity index (χ0n) is 26.4. The molecule has 3 heterocycles. The summed E-state index contributed by atoms with van der Waals surface area (Å²) in [4.78, 5) is 46.8. The van der Waals surface area contributed by atoms with Gasteiger partial charge in [-0.3, -0.25) is 19.1 Å². The Morgan fingerprint density at radius 3 is 2.57 bits per heavy atom. The van der Waals surface area contributed by atoms with E-state index in [4.69, 9.17) is 20.8 Å². The highest BCUT2D eigenvalue weighted by molar-refractivity contribution is 6.30. The maximum absolute atomic E-state index is 14.2. The fourth-order valence-corrected chi connectivity index (χ4v) is 7.34. The Bertz CT molecular complexity index is 1760. The highest BCUT2D eigenvalue weighted by Crippen LogP contribution is 2.47. The van der Waals surface area contributed by atoms with Gasteiger partial charge in [0, 0.05) is 37.1 Å². The minimum Gasteiger partial charge on any atom is -0.490 e. The van der Waals surface area contributed by atoms with Crippen LogP contribution in [0.3, 0.4) is 0 Å². The normalized spacial score (nSPS) is 17.3. The van der Waals surface area contributed by atoms with E-state index in [9.17, 15) is 14.4 Å². The number of ether oxygens (including phenoxy) is 1. The molecule has 0 bridgehead atoms. The first-order valence-corrected chi connectivity index (χ1v) is 16.7. The molecule has 10 nitrogen and oxygen atoms in total. The lowest BCUT2D eigenvalue weighted by Gasteiger charge is -2.48. The number of amides is 2. The molecule has 2 fully saturated rings. The lowest BCUT2D eigenvalue weighted by molar-refractivity contribution is -0.136. The van der Waals surface area contributed by atoms with Crippen LogP contribution in [0.25, 0.3) is 11.0 Å². The second-order valence-electron chi connectivity index (χ2n) is 12.7. The third-order valence-corrected chi connectivity index (χ3v) is 9.98. The van der Waals surface area contributed by atoms with Crippen molar-refractivity contribution in [2.75, 3.05) is 19.7 Å². The van der Waals surface area contributed by atoms with Gasteiger partial charge in [0.15, 0.2) is 11.2 Å². The Balaban J connectivity index is 1.21. The van der Waals surface area contributed by atoms with E-state index in [0.717, 1.165) is 31.0 Å². The van der Waals surface area contributed by atoms with E-state index in [1.165, 1.54) is 32.1 Å². The van der Waals surface area contributed by atoms with Gasteiger partial charge in [-0.1, -0.05) is 55.7 Å². The number of piperidine rings is 1. The minimum atomic E-state index is -0.878. The van der Waals surface area contributed by atoms with E-state index in [1.54, 1.807) is 49.1 Å². The Morgan fingerprint density at radius 2 is 1.87 bits per heavy atom. The van der Waals surface area contributed by atoms with Crippen LogP contribution in [0.5, 0.6) is 5.75 Å². The molecule has 4 aromatic rings. The van der Waals surface area contributed by atoms with E-state index in [-0.39, 0.29) is 39.9 Å². The predicted molar refractivity (Wildman–Crippen MR) is 179 cm³/mol. The highest BCUT2D eigenvalue weighted by Gasteiger charge is 2.44. The van der Waals surface area contributed by atoms with E-state index in [0.29, 0.717) is 36.4 Å². The first-order chi connectivity index (χ1) is 22.8. The van der Waals surface area contributed by atoms with Crippen LogP contribution in [0, 0.1) is 11.3 Å². The van der Waals surface area contributed by atoms with Gasteiger partial charge in [-0.05, 0) is 72.9 Å². The third-order valence-electron chi connectivity index (χ3n) is 9.73. The van der Waals surface area contributed by atoms with Crippen molar-refractivity contribution >= 4 is 34.4 Å². The van der Waals surface area contributed by atoms with Gasteiger partial charge in [-0.15, -0.1) is 0 Å². The molecule has 2 aliphatic rings. The molecule has 6 rings (SSSR count). The van der Waals surface area contributed by atoms with Crippen molar-refractivity contribution in [1.82, 2.24) is 25.0 Å². The first kappa shape index (κ1) is 32.5. The monoisotopic (exact) mass is 657 g/mol. The molecule has 1 N–H and O–H groups in total. The molecule has 1 atom stereocenters. The molecule has 2 amide bonds. The summed E-state index contributed by atoms with van der Waals surface area (Å²) in [5.41, 5.74) is 0.741. The smallest absolute Gasteiger partial charge is 0.287 e.